The summed E-state index contributed by atoms with van der Waals surface area (Å²) >= 11 is 11.9. The number of anilines is 1. The van der Waals surface area contributed by atoms with Crippen LogP contribution in [0.15, 0.2) is 36.5 Å². The molecule has 1 aromatic heterocycles. The highest BCUT2D eigenvalue weighted by atomic mass is 35.5. The molecule has 0 amide bonds. The summed E-state index contributed by atoms with van der Waals surface area (Å²) in [4.78, 5) is 3.92. The van der Waals surface area contributed by atoms with Crippen molar-refractivity contribution >= 4 is 28.9 Å². The first kappa shape index (κ1) is 12.2. The number of benzene rings is 1. The Hall–Kier alpha value is -1.25. The van der Waals surface area contributed by atoms with Gasteiger partial charge in [0.1, 0.15) is 5.15 Å². The summed E-state index contributed by atoms with van der Waals surface area (Å²) in [5.41, 5.74) is 3.16. The molecule has 17 heavy (non-hydrogen) atoms. The maximum Gasteiger partial charge on any atom is 0.131 e. The van der Waals surface area contributed by atoms with Crippen molar-refractivity contribution in [2.24, 2.45) is 0 Å². The second-order valence-corrected chi connectivity index (χ2v) is 4.60. The summed E-state index contributed by atoms with van der Waals surface area (Å²) in [6.45, 7) is 2.70. The molecule has 0 aliphatic heterocycles. The molecule has 0 radical (unpaired) electrons. The van der Waals surface area contributed by atoms with Gasteiger partial charge in [0, 0.05) is 23.5 Å². The van der Waals surface area contributed by atoms with Crippen LogP contribution < -0.4 is 5.32 Å². The largest absolute Gasteiger partial charge is 0.381 e. The first-order valence-electron chi connectivity index (χ1n) is 5.25. The van der Waals surface area contributed by atoms with Crippen LogP contribution in [-0.4, -0.2) is 4.98 Å². The third-order valence-corrected chi connectivity index (χ3v) is 3.07. The molecule has 1 N–H and O–H groups in total. The first-order chi connectivity index (χ1) is 8.15. The number of halogens is 2. The molecule has 0 aliphatic rings. The average Bonchev–Trinajstić information content (AvgIpc) is 2.31. The highest BCUT2D eigenvalue weighted by Gasteiger charge is 1.99. The standard InChI is InChI=1S/C13H12Cl2N2/c1-9-2-3-10(6-12(9)14)8-17-11-4-5-16-13(15)7-11/h2-7H,8H2,1H3,(H,16,17). The number of nitrogens with one attached hydrogen (secondary N) is 1. The minimum Gasteiger partial charge on any atom is -0.381 e. The number of rotatable bonds is 3. The van der Waals surface area contributed by atoms with Gasteiger partial charge in [-0.05, 0) is 36.2 Å². The van der Waals surface area contributed by atoms with Crippen molar-refractivity contribution in [3.63, 3.8) is 0 Å². The second-order valence-electron chi connectivity index (χ2n) is 3.80. The van der Waals surface area contributed by atoms with Crippen molar-refractivity contribution in [2.45, 2.75) is 13.5 Å². The molecule has 1 heterocycles. The maximum absolute atomic E-state index is 6.06. The van der Waals surface area contributed by atoms with Gasteiger partial charge >= 0.3 is 0 Å². The van der Waals surface area contributed by atoms with E-state index >= 15 is 0 Å². The van der Waals surface area contributed by atoms with Crippen molar-refractivity contribution in [3.8, 4) is 0 Å². The summed E-state index contributed by atoms with van der Waals surface area (Å²) in [6, 6.07) is 9.70. The van der Waals surface area contributed by atoms with Crippen LogP contribution in [0.1, 0.15) is 11.1 Å². The van der Waals surface area contributed by atoms with E-state index in [9.17, 15) is 0 Å². The summed E-state index contributed by atoms with van der Waals surface area (Å²) in [5, 5.41) is 4.54. The lowest BCUT2D eigenvalue weighted by Crippen LogP contribution is -1.99. The summed E-state index contributed by atoms with van der Waals surface area (Å²) in [6.07, 6.45) is 1.67. The van der Waals surface area contributed by atoms with Gasteiger partial charge in [0.05, 0.1) is 0 Å². The van der Waals surface area contributed by atoms with Crippen molar-refractivity contribution in [1.82, 2.24) is 4.98 Å². The molecule has 2 aromatic rings. The topological polar surface area (TPSA) is 24.9 Å². The lowest BCUT2D eigenvalue weighted by molar-refractivity contribution is 1.14. The predicted octanol–water partition coefficient (Wildman–Crippen LogP) is 4.31. The molecule has 0 unspecified atom stereocenters. The minimum absolute atomic E-state index is 0.483. The van der Waals surface area contributed by atoms with E-state index in [2.05, 4.69) is 16.4 Å². The molecule has 2 rings (SSSR count). The Morgan fingerprint density at radius 1 is 1.18 bits per heavy atom. The number of hydrogen-bond donors (Lipinski definition) is 1. The summed E-state index contributed by atoms with van der Waals surface area (Å²) < 4.78 is 0. The van der Waals surface area contributed by atoms with Crippen LogP contribution in [0, 0.1) is 6.92 Å². The lowest BCUT2D eigenvalue weighted by atomic mass is 10.1. The summed E-state index contributed by atoms with van der Waals surface area (Å²) in [7, 11) is 0. The van der Waals surface area contributed by atoms with Crippen LogP contribution in [0.4, 0.5) is 5.69 Å². The Labute approximate surface area is 111 Å². The van der Waals surface area contributed by atoms with Crippen LogP contribution in [0.5, 0.6) is 0 Å². The molecule has 0 saturated heterocycles. The van der Waals surface area contributed by atoms with Crippen LogP contribution in [-0.2, 0) is 6.54 Å². The number of hydrogen-bond acceptors (Lipinski definition) is 2. The molecule has 0 atom stereocenters. The monoisotopic (exact) mass is 266 g/mol. The highest BCUT2D eigenvalue weighted by molar-refractivity contribution is 6.31. The molecule has 0 fully saturated rings. The van der Waals surface area contributed by atoms with Gasteiger partial charge in [-0.15, -0.1) is 0 Å². The second kappa shape index (κ2) is 5.39. The zero-order valence-corrected chi connectivity index (χ0v) is 10.9. The molecule has 0 aliphatic carbocycles. The quantitative estimate of drug-likeness (QED) is 0.838. The van der Waals surface area contributed by atoms with Gasteiger partial charge in [0.15, 0.2) is 0 Å². The maximum atomic E-state index is 6.06. The number of aryl methyl sites for hydroxylation is 1. The molecular formula is C13H12Cl2N2. The van der Waals surface area contributed by atoms with E-state index in [0.29, 0.717) is 11.7 Å². The van der Waals surface area contributed by atoms with Gasteiger partial charge in [-0.1, -0.05) is 35.3 Å². The Morgan fingerprint density at radius 3 is 2.71 bits per heavy atom. The van der Waals surface area contributed by atoms with E-state index < -0.39 is 0 Å². The van der Waals surface area contributed by atoms with Gasteiger partial charge in [0.25, 0.3) is 0 Å². The molecule has 0 spiro atoms. The van der Waals surface area contributed by atoms with Crippen LogP contribution >= 0.6 is 23.2 Å². The molecule has 2 nitrogen and oxygen atoms in total. The van der Waals surface area contributed by atoms with E-state index in [1.165, 1.54) is 0 Å². The fourth-order valence-corrected chi connectivity index (χ4v) is 1.84. The Morgan fingerprint density at radius 2 is 2.00 bits per heavy atom. The van der Waals surface area contributed by atoms with Crippen LogP contribution in [0.25, 0.3) is 0 Å². The fourth-order valence-electron chi connectivity index (χ4n) is 1.46. The minimum atomic E-state index is 0.483. The fraction of sp³-hybridized carbons (Fsp3) is 0.154. The van der Waals surface area contributed by atoms with Crippen molar-refractivity contribution < 1.29 is 0 Å². The molecule has 4 heteroatoms. The Kier molecular flexibility index (Phi) is 3.87. The number of aromatic nitrogens is 1. The zero-order valence-electron chi connectivity index (χ0n) is 9.37. The lowest BCUT2D eigenvalue weighted by Gasteiger charge is -2.07. The van der Waals surface area contributed by atoms with E-state index in [1.54, 1.807) is 12.3 Å². The van der Waals surface area contributed by atoms with Crippen molar-refractivity contribution in [1.29, 1.82) is 0 Å². The van der Waals surface area contributed by atoms with Gasteiger partial charge in [0.2, 0.25) is 0 Å². The van der Waals surface area contributed by atoms with Gasteiger partial charge < -0.3 is 5.32 Å². The molecule has 88 valence electrons. The van der Waals surface area contributed by atoms with Crippen LogP contribution in [0.2, 0.25) is 10.2 Å². The third-order valence-electron chi connectivity index (χ3n) is 2.46. The smallest absolute Gasteiger partial charge is 0.131 e. The normalized spacial score (nSPS) is 10.3. The van der Waals surface area contributed by atoms with Gasteiger partial charge in [-0.2, -0.15) is 0 Å². The Bertz CT molecular complexity index is 527. The van der Waals surface area contributed by atoms with Gasteiger partial charge in [-0.25, -0.2) is 4.98 Å². The third kappa shape index (κ3) is 3.35. The average molecular weight is 267 g/mol. The SMILES string of the molecule is Cc1ccc(CNc2ccnc(Cl)c2)cc1Cl. The Balaban J connectivity index is 2.05. The molecule has 0 saturated carbocycles. The predicted molar refractivity (Wildman–Crippen MR) is 72.8 cm³/mol. The summed E-state index contributed by atoms with van der Waals surface area (Å²) in [5.74, 6) is 0. The first-order valence-corrected chi connectivity index (χ1v) is 6.01. The van der Waals surface area contributed by atoms with E-state index in [0.717, 1.165) is 21.8 Å². The highest BCUT2D eigenvalue weighted by Crippen LogP contribution is 2.18. The van der Waals surface area contributed by atoms with Crippen molar-refractivity contribution in [2.75, 3.05) is 5.32 Å². The van der Waals surface area contributed by atoms with Gasteiger partial charge in [-0.3, -0.25) is 0 Å². The van der Waals surface area contributed by atoms with Crippen LogP contribution in [0.3, 0.4) is 0 Å². The number of nitrogens with zero attached hydrogens (tertiary/aromatic N) is 1. The number of pyridine rings is 1. The van der Waals surface area contributed by atoms with E-state index in [1.807, 2.05) is 25.1 Å². The molecular weight excluding hydrogens is 255 g/mol. The van der Waals surface area contributed by atoms with E-state index in [-0.39, 0.29) is 0 Å². The molecule has 1 aromatic carbocycles. The zero-order chi connectivity index (χ0) is 12.3. The molecule has 0 bridgehead atoms. The van der Waals surface area contributed by atoms with E-state index in [4.69, 9.17) is 23.2 Å². The van der Waals surface area contributed by atoms with Crippen molar-refractivity contribution in [3.05, 3.63) is 57.8 Å².